The van der Waals surface area contributed by atoms with E-state index < -0.39 is 5.82 Å². The fraction of sp³-hybridized carbons (Fsp3) is 0.455. The minimum Gasteiger partial charge on any atom is -0.492 e. The molecule has 0 bridgehead atoms. The van der Waals surface area contributed by atoms with Gasteiger partial charge in [0.05, 0.1) is 14.2 Å². The second-order valence-corrected chi connectivity index (χ2v) is 3.17. The van der Waals surface area contributed by atoms with Gasteiger partial charge in [0.15, 0.2) is 17.3 Å². The summed E-state index contributed by atoms with van der Waals surface area (Å²) in [6.07, 6.45) is 1.60. The Bertz CT molecular complexity index is 329. The zero-order chi connectivity index (χ0) is 11.3. The second kappa shape index (κ2) is 5.56. The number of hydrogen-bond acceptors (Lipinski definition) is 3. The Morgan fingerprint density at radius 2 is 1.87 bits per heavy atom. The summed E-state index contributed by atoms with van der Waals surface area (Å²) in [6, 6.07) is 3.08. The van der Waals surface area contributed by atoms with Crippen LogP contribution in [0.25, 0.3) is 0 Å². The summed E-state index contributed by atoms with van der Waals surface area (Å²) in [7, 11) is 2.93. The Morgan fingerprint density at radius 1 is 1.20 bits per heavy atom. The van der Waals surface area contributed by atoms with Gasteiger partial charge < -0.3 is 15.2 Å². The number of benzene rings is 1. The molecule has 0 heterocycles. The maximum absolute atomic E-state index is 13.3. The van der Waals surface area contributed by atoms with E-state index in [1.807, 2.05) is 0 Å². The number of hydrogen-bond donors (Lipinski definition) is 1. The molecule has 1 rings (SSSR count). The Morgan fingerprint density at radius 3 is 2.40 bits per heavy atom. The first kappa shape index (κ1) is 11.8. The predicted molar refractivity (Wildman–Crippen MR) is 56.9 cm³/mol. The molecule has 15 heavy (non-hydrogen) atoms. The highest BCUT2D eigenvalue weighted by Gasteiger charge is 2.14. The smallest absolute Gasteiger partial charge is 0.197 e. The summed E-state index contributed by atoms with van der Waals surface area (Å²) in [5.74, 6) is 0.212. The quantitative estimate of drug-likeness (QED) is 0.810. The minimum absolute atomic E-state index is 0.159. The molecule has 0 spiro atoms. The number of halogens is 1. The van der Waals surface area contributed by atoms with E-state index in [1.165, 1.54) is 20.3 Å². The van der Waals surface area contributed by atoms with E-state index >= 15 is 0 Å². The summed E-state index contributed by atoms with van der Waals surface area (Å²) in [6.45, 7) is 0.600. The van der Waals surface area contributed by atoms with E-state index in [0.717, 1.165) is 18.4 Å². The molecular weight excluding hydrogens is 197 g/mol. The number of methoxy groups -OCH3 is 2. The lowest BCUT2D eigenvalue weighted by Crippen LogP contribution is -2.03. The third-order valence-electron chi connectivity index (χ3n) is 2.20. The summed E-state index contributed by atoms with van der Waals surface area (Å²) >= 11 is 0. The normalized spacial score (nSPS) is 10.1. The third kappa shape index (κ3) is 2.59. The lowest BCUT2D eigenvalue weighted by Gasteiger charge is -2.12. The maximum atomic E-state index is 13.3. The average Bonchev–Trinajstić information content (AvgIpc) is 2.26. The van der Waals surface area contributed by atoms with Crippen LogP contribution in [0.3, 0.4) is 0 Å². The zero-order valence-corrected chi connectivity index (χ0v) is 9.05. The Kier molecular flexibility index (Phi) is 4.37. The van der Waals surface area contributed by atoms with Crippen LogP contribution >= 0.6 is 0 Å². The van der Waals surface area contributed by atoms with E-state index in [2.05, 4.69) is 0 Å². The van der Waals surface area contributed by atoms with E-state index in [-0.39, 0.29) is 5.75 Å². The van der Waals surface area contributed by atoms with Crippen molar-refractivity contribution in [3.63, 3.8) is 0 Å². The van der Waals surface area contributed by atoms with Crippen LogP contribution in [-0.2, 0) is 6.42 Å². The Labute approximate surface area is 89.0 Å². The summed E-state index contributed by atoms with van der Waals surface area (Å²) in [4.78, 5) is 0. The standard InChI is InChI=1S/C11H16FNO2/c1-14-10-8(4-3-7-13)5-6-9(12)11(10)15-2/h5-6H,3-4,7,13H2,1-2H3. The van der Waals surface area contributed by atoms with Crippen molar-refractivity contribution in [1.29, 1.82) is 0 Å². The van der Waals surface area contributed by atoms with Gasteiger partial charge in [0.2, 0.25) is 0 Å². The number of nitrogens with two attached hydrogens (primary N) is 1. The van der Waals surface area contributed by atoms with Gasteiger partial charge in [-0.2, -0.15) is 0 Å². The van der Waals surface area contributed by atoms with E-state index in [4.69, 9.17) is 15.2 Å². The molecule has 0 aliphatic heterocycles. The van der Waals surface area contributed by atoms with Crippen LogP contribution in [0.2, 0.25) is 0 Å². The molecule has 1 aromatic carbocycles. The first-order valence-corrected chi connectivity index (χ1v) is 4.84. The molecule has 3 nitrogen and oxygen atoms in total. The summed E-state index contributed by atoms with van der Waals surface area (Å²) in [5.41, 5.74) is 6.34. The van der Waals surface area contributed by atoms with Gasteiger partial charge in [0.1, 0.15) is 0 Å². The van der Waals surface area contributed by atoms with Crippen LogP contribution in [0.5, 0.6) is 11.5 Å². The van der Waals surface area contributed by atoms with Crippen LogP contribution in [0.1, 0.15) is 12.0 Å². The van der Waals surface area contributed by atoms with Crippen molar-refractivity contribution in [2.45, 2.75) is 12.8 Å². The summed E-state index contributed by atoms with van der Waals surface area (Å²) in [5, 5.41) is 0. The number of aryl methyl sites for hydroxylation is 1. The van der Waals surface area contributed by atoms with Crippen molar-refractivity contribution in [3.05, 3.63) is 23.5 Å². The van der Waals surface area contributed by atoms with Gasteiger partial charge in [-0.25, -0.2) is 4.39 Å². The highest BCUT2D eigenvalue weighted by Crippen LogP contribution is 2.34. The molecule has 2 N–H and O–H groups in total. The average molecular weight is 213 g/mol. The van der Waals surface area contributed by atoms with Gasteiger partial charge in [0, 0.05) is 0 Å². The largest absolute Gasteiger partial charge is 0.492 e. The molecular formula is C11H16FNO2. The highest BCUT2D eigenvalue weighted by atomic mass is 19.1. The highest BCUT2D eigenvalue weighted by molar-refractivity contribution is 5.47. The van der Waals surface area contributed by atoms with Crippen LogP contribution < -0.4 is 15.2 Å². The molecule has 0 saturated carbocycles. The van der Waals surface area contributed by atoms with Crippen molar-refractivity contribution in [3.8, 4) is 11.5 Å². The Hall–Kier alpha value is -1.29. The molecule has 1 aromatic rings. The van der Waals surface area contributed by atoms with Crippen molar-refractivity contribution < 1.29 is 13.9 Å². The van der Waals surface area contributed by atoms with Crippen molar-refractivity contribution in [2.75, 3.05) is 20.8 Å². The molecule has 0 unspecified atom stereocenters. The third-order valence-corrected chi connectivity index (χ3v) is 2.20. The first-order valence-electron chi connectivity index (χ1n) is 4.84. The predicted octanol–water partition coefficient (Wildman–Crippen LogP) is 1.73. The van der Waals surface area contributed by atoms with Crippen molar-refractivity contribution in [1.82, 2.24) is 0 Å². The van der Waals surface area contributed by atoms with Gasteiger partial charge in [-0.15, -0.1) is 0 Å². The lowest BCUT2D eigenvalue weighted by molar-refractivity contribution is 0.334. The molecule has 0 aliphatic rings. The van der Waals surface area contributed by atoms with Gasteiger partial charge in [-0.05, 0) is 31.0 Å². The van der Waals surface area contributed by atoms with Gasteiger partial charge >= 0.3 is 0 Å². The zero-order valence-electron chi connectivity index (χ0n) is 9.05. The molecule has 84 valence electrons. The van der Waals surface area contributed by atoms with Crippen LogP contribution in [0.4, 0.5) is 4.39 Å². The SMILES string of the molecule is COc1c(F)ccc(CCCN)c1OC. The summed E-state index contributed by atoms with van der Waals surface area (Å²) < 4.78 is 23.4. The van der Waals surface area contributed by atoms with Crippen LogP contribution in [-0.4, -0.2) is 20.8 Å². The van der Waals surface area contributed by atoms with E-state index in [0.29, 0.717) is 12.3 Å². The monoisotopic (exact) mass is 213 g/mol. The van der Waals surface area contributed by atoms with E-state index in [9.17, 15) is 4.39 Å². The lowest BCUT2D eigenvalue weighted by atomic mass is 10.1. The molecule has 0 aromatic heterocycles. The second-order valence-electron chi connectivity index (χ2n) is 3.17. The first-order chi connectivity index (χ1) is 7.24. The van der Waals surface area contributed by atoms with Crippen molar-refractivity contribution in [2.24, 2.45) is 5.73 Å². The van der Waals surface area contributed by atoms with Crippen molar-refractivity contribution >= 4 is 0 Å². The number of rotatable bonds is 5. The molecule has 0 saturated heterocycles. The van der Waals surface area contributed by atoms with Gasteiger partial charge in [-0.3, -0.25) is 0 Å². The van der Waals surface area contributed by atoms with Crippen LogP contribution in [0.15, 0.2) is 12.1 Å². The fourth-order valence-electron chi connectivity index (χ4n) is 1.48. The Balaban J connectivity index is 3.05. The molecule has 0 aliphatic carbocycles. The van der Waals surface area contributed by atoms with Crippen LogP contribution in [0, 0.1) is 5.82 Å². The molecule has 0 amide bonds. The molecule has 4 heteroatoms. The van der Waals surface area contributed by atoms with E-state index in [1.54, 1.807) is 6.07 Å². The minimum atomic E-state index is -0.411. The topological polar surface area (TPSA) is 44.5 Å². The maximum Gasteiger partial charge on any atom is 0.197 e. The fourth-order valence-corrected chi connectivity index (χ4v) is 1.48. The van der Waals surface area contributed by atoms with Gasteiger partial charge in [0.25, 0.3) is 0 Å². The van der Waals surface area contributed by atoms with Gasteiger partial charge in [-0.1, -0.05) is 6.07 Å². The number of ether oxygens (including phenoxy) is 2. The molecule has 0 atom stereocenters. The molecule has 0 fully saturated rings. The molecule has 0 radical (unpaired) electrons.